The number of carbonyl (C=O) groups excluding carboxylic acids is 2. The first-order valence-electron chi connectivity index (χ1n) is 6.84. The van der Waals surface area contributed by atoms with Gasteiger partial charge in [0.05, 0.1) is 11.4 Å². The van der Waals surface area contributed by atoms with Crippen LogP contribution in [-0.4, -0.2) is 11.8 Å². The zero-order valence-electron chi connectivity index (χ0n) is 11.2. The van der Waals surface area contributed by atoms with Crippen molar-refractivity contribution in [2.24, 2.45) is 5.92 Å². The number of amides is 2. The molecule has 4 heteroatoms. The lowest BCUT2D eigenvalue weighted by molar-refractivity contribution is -0.120. The molecule has 0 radical (unpaired) electrons. The average molecular weight is 260 g/mol. The number of hydrogen-bond acceptors (Lipinski definition) is 2. The average Bonchev–Trinajstić information content (AvgIpc) is 2.41. The molecule has 2 N–H and O–H groups in total. The molecule has 0 atom stereocenters. The fraction of sp³-hybridized carbons (Fsp3) is 0.467. The SMILES string of the molecule is CC(=O)Nc1ccccc1NC(=O)C1CCCCC1. The molecule has 1 aliphatic rings. The molecule has 0 spiro atoms. The van der Waals surface area contributed by atoms with Crippen LogP contribution in [0.5, 0.6) is 0 Å². The molecule has 1 saturated carbocycles. The van der Waals surface area contributed by atoms with Crippen LogP contribution in [0.15, 0.2) is 24.3 Å². The molecule has 1 aliphatic carbocycles. The van der Waals surface area contributed by atoms with E-state index in [-0.39, 0.29) is 17.7 Å². The summed E-state index contributed by atoms with van der Waals surface area (Å²) in [6, 6.07) is 7.28. The highest BCUT2D eigenvalue weighted by Crippen LogP contribution is 2.27. The maximum absolute atomic E-state index is 12.2. The monoisotopic (exact) mass is 260 g/mol. The minimum atomic E-state index is -0.139. The maximum Gasteiger partial charge on any atom is 0.227 e. The van der Waals surface area contributed by atoms with Gasteiger partial charge in [0, 0.05) is 12.8 Å². The van der Waals surface area contributed by atoms with Gasteiger partial charge in [-0.15, -0.1) is 0 Å². The molecule has 0 bridgehead atoms. The summed E-state index contributed by atoms with van der Waals surface area (Å²) in [5, 5.41) is 5.66. The van der Waals surface area contributed by atoms with E-state index in [1.165, 1.54) is 13.3 Å². The first-order chi connectivity index (χ1) is 9.16. The molecule has 0 saturated heterocycles. The quantitative estimate of drug-likeness (QED) is 0.877. The summed E-state index contributed by atoms with van der Waals surface area (Å²) < 4.78 is 0. The Balaban J connectivity index is 2.05. The topological polar surface area (TPSA) is 58.2 Å². The van der Waals surface area contributed by atoms with Crippen LogP contribution in [0.2, 0.25) is 0 Å². The second-order valence-electron chi connectivity index (χ2n) is 5.05. The number of hydrogen-bond donors (Lipinski definition) is 2. The van der Waals surface area contributed by atoms with Gasteiger partial charge >= 0.3 is 0 Å². The van der Waals surface area contributed by atoms with Crippen LogP contribution in [-0.2, 0) is 9.59 Å². The minimum Gasteiger partial charge on any atom is -0.325 e. The Kier molecular flexibility index (Phi) is 4.55. The van der Waals surface area contributed by atoms with Crippen LogP contribution in [0.3, 0.4) is 0 Å². The molecule has 0 aromatic heterocycles. The smallest absolute Gasteiger partial charge is 0.227 e. The molecule has 19 heavy (non-hydrogen) atoms. The van der Waals surface area contributed by atoms with E-state index in [1.807, 2.05) is 18.2 Å². The predicted octanol–water partition coefficient (Wildman–Crippen LogP) is 3.16. The number of para-hydroxylation sites is 2. The number of rotatable bonds is 3. The Bertz CT molecular complexity index is 465. The van der Waals surface area contributed by atoms with Crippen molar-refractivity contribution in [3.05, 3.63) is 24.3 Å². The fourth-order valence-electron chi connectivity index (χ4n) is 2.49. The molecule has 1 fully saturated rings. The Labute approximate surface area is 113 Å². The van der Waals surface area contributed by atoms with Crippen molar-refractivity contribution in [3.8, 4) is 0 Å². The van der Waals surface area contributed by atoms with Crippen LogP contribution in [0.4, 0.5) is 11.4 Å². The van der Waals surface area contributed by atoms with Gasteiger partial charge in [0.1, 0.15) is 0 Å². The minimum absolute atomic E-state index is 0.0671. The highest BCUT2D eigenvalue weighted by molar-refractivity contribution is 5.99. The van der Waals surface area contributed by atoms with E-state index in [2.05, 4.69) is 10.6 Å². The van der Waals surface area contributed by atoms with E-state index in [0.29, 0.717) is 11.4 Å². The fourth-order valence-corrected chi connectivity index (χ4v) is 2.49. The van der Waals surface area contributed by atoms with E-state index in [9.17, 15) is 9.59 Å². The lowest BCUT2D eigenvalue weighted by Crippen LogP contribution is -2.25. The van der Waals surface area contributed by atoms with Gasteiger partial charge in [0.15, 0.2) is 0 Å². The number of benzene rings is 1. The third-order valence-corrected chi connectivity index (χ3v) is 3.47. The van der Waals surface area contributed by atoms with Crippen LogP contribution in [0.25, 0.3) is 0 Å². The van der Waals surface area contributed by atoms with Gasteiger partial charge in [-0.05, 0) is 25.0 Å². The first kappa shape index (κ1) is 13.6. The molecule has 1 aromatic carbocycles. The van der Waals surface area contributed by atoms with Crippen molar-refractivity contribution in [1.29, 1.82) is 0 Å². The number of anilines is 2. The summed E-state index contributed by atoms with van der Waals surface area (Å²) in [4.78, 5) is 23.3. The summed E-state index contributed by atoms with van der Waals surface area (Å²) >= 11 is 0. The Hall–Kier alpha value is -1.84. The van der Waals surface area contributed by atoms with Gasteiger partial charge in [0.2, 0.25) is 11.8 Å². The van der Waals surface area contributed by atoms with Crippen molar-refractivity contribution >= 4 is 23.2 Å². The zero-order valence-corrected chi connectivity index (χ0v) is 11.2. The van der Waals surface area contributed by atoms with Crippen molar-refractivity contribution in [2.45, 2.75) is 39.0 Å². The van der Waals surface area contributed by atoms with Crippen molar-refractivity contribution in [3.63, 3.8) is 0 Å². The first-order valence-corrected chi connectivity index (χ1v) is 6.84. The maximum atomic E-state index is 12.2. The summed E-state index contributed by atoms with van der Waals surface area (Å²) in [6.07, 6.45) is 5.42. The van der Waals surface area contributed by atoms with E-state index >= 15 is 0 Å². The van der Waals surface area contributed by atoms with E-state index in [4.69, 9.17) is 0 Å². The molecule has 1 aromatic rings. The van der Waals surface area contributed by atoms with E-state index in [1.54, 1.807) is 6.07 Å². The lowest BCUT2D eigenvalue weighted by atomic mass is 9.88. The van der Waals surface area contributed by atoms with Gasteiger partial charge in [-0.25, -0.2) is 0 Å². The van der Waals surface area contributed by atoms with Gasteiger partial charge in [-0.3, -0.25) is 9.59 Å². The molecule has 0 heterocycles. The second kappa shape index (κ2) is 6.36. The largest absolute Gasteiger partial charge is 0.325 e. The van der Waals surface area contributed by atoms with Crippen LogP contribution in [0, 0.1) is 5.92 Å². The third kappa shape index (κ3) is 3.81. The Morgan fingerprint density at radius 1 is 1.00 bits per heavy atom. The van der Waals surface area contributed by atoms with Gasteiger partial charge in [-0.1, -0.05) is 31.4 Å². The van der Waals surface area contributed by atoms with Gasteiger partial charge in [0.25, 0.3) is 0 Å². The standard InChI is InChI=1S/C15H20N2O2/c1-11(18)16-13-9-5-6-10-14(13)17-15(19)12-7-3-2-4-8-12/h5-6,9-10,12H,2-4,7-8H2,1H3,(H,16,18)(H,17,19). The highest BCUT2D eigenvalue weighted by atomic mass is 16.2. The van der Waals surface area contributed by atoms with Gasteiger partial charge < -0.3 is 10.6 Å². The van der Waals surface area contributed by atoms with Gasteiger partial charge in [-0.2, -0.15) is 0 Å². The summed E-state index contributed by atoms with van der Waals surface area (Å²) in [6.45, 7) is 1.46. The Morgan fingerprint density at radius 3 is 2.16 bits per heavy atom. The van der Waals surface area contributed by atoms with Crippen LogP contribution < -0.4 is 10.6 Å². The normalized spacial score (nSPS) is 15.8. The lowest BCUT2D eigenvalue weighted by Gasteiger charge is -2.21. The molecule has 0 unspecified atom stereocenters. The number of nitrogens with one attached hydrogen (secondary N) is 2. The van der Waals surface area contributed by atoms with Crippen molar-refractivity contribution in [2.75, 3.05) is 10.6 Å². The molecule has 4 nitrogen and oxygen atoms in total. The summed E-state index contributed by atoms with van der Waals surface area (Å²) in [5.41, 5.74) is 1.33. The molecular formula is C15H20N2O2. The molecular weight excluding hydrogens is 240 g/mol. The predicted molar refractivity (Wildman–Crippen MR) is 76.0 cm³/mol. The van der Waals surface area contributed by atoms with Crippen molar-refractivity contribution in [1.82, 2.24) is 0 Å². The van der Waals surface area contributed by atoms with Crippen LogP contribution >= 0.6 is 0 Å². The highest BCUT2D eigenvalue weighted by Gasteiger charge is 2.21. The Morgan fingerprint density at radius 2 is 1.58 bits per heavy atom. The van der Waals surface area contributed by atoms with Crippen molar-refractivity contribution < 1.29 is 9.59 Å². The molecule has 0 aliphatic heterocycles. The summed E-state index contributed by atoms with van der Waals surface area (Å²) in [7, 11) is 0. The zero-order chi connectivity index (χ0) is 13.7. The van der Waals surface area contributed by atoms with E-state index < -0.39 is 0 Å². The van der Waals surface area contributed by atoms with Crippen LogP contribution in [0.1, 0.15) is 39.0 Å². The molecule has 2 amide bonds. The molecule has 102 valence electrons. The summed E-state index contributed by atoms with van der Waals surface area (Å²) in [5.74, 6) is 0.0380. The third-order valence-electron chi connectivity index (χ3n) is 3.47. The second-order valence-corrected chi connectivity index (χ2v) is 5.05. The van der Waals surface area contributed by atoms with E-state index in [0.717, 1.165) is 25.7 Å². The number of carbonyl (C=O) groups is 2. The molecule has 2 rings (SSSR count).